The highest BCUT2D eigenvalue weighted by molar-refractivity contribution is 5.84. The summed E-state index contributed by atoms with van der Waals surface area (Å²) in [5, 5.41) is 9.00. The molecule has 5 heteroatoms. The van der Waals surface area contributed by atoms with Crippen LogP contribution in [0.25, 0.3) is 0 Å². The van der Waals surface area contributed by atoms with Gasteiger partial charge in [-0.05, 0) is 12.8 Å². The van der Waals surface area contributed by atoms with Crippen molar-refractivity contribution in [3.63, 3.8) is 0 Å². The Balaban J connectivity index is 2.15. The normalized spacial score (nSPS) is 30.9. The van der Waals surface area contributed by atoms with Gasteiger partial charge in [0.05, 0.1) is 18.7 Å². The van der Waals surface area contributed by atoms with Crippen LogP contribution in [-0.4, -0.2) is 35.6 Å². The average molecular weight is 265 g/mol. The number of nitrogens with two attached hydrogens (primary N) is 1. The molecule has 4 nitrogen and oxygen atoms in total. The molecular weight excluding hydrogens is 245 g/mol. The zero-order valence-corrected chi connectivity index (χ0v) is 11.0. The maximum Gasteiger partial charge on any atom is 0.241 e. The predicted octanol–water partition coefficient (Wildman–Crippen LogP) is 1.52. The molecule has 19 heavy (non-hydrogen) atoms. The number of hydrogen-bond donors (Lipinski definition) is 1. The molecule has 1 aliphatic carbocycles. The highest BCUT2D eigenvalue weighted by atomic mass is 19.1. The van der Waals surface area contributed by atoms with Crippen LogP contribution in [0.2, 0.25) is 0 Å². The van der Waals surface area contributed by atoms with Crippen LogP contribution < -0.4 is 5.73 Å². The second-order valence-electron chi connectivity index (χ2n) is 5.59. The standard InChI is InChI=1S/C14H20FN3O/c1-2-14(5-3-4-6-14)12(17)13(19)18-9-10(15)7-11(18)8-16/h2,10-12H,1,3-7,9,17H2. The van der Waals surface area contributed by atoms with Crippen LogP contribution in [0.1, 0.15) is 32.1 Å². The van der Waals surface area contributed by atoms with E-state index >= 15 is 0 Å². The van der Waals surface area contributed by atoms with Gasteiger partial charge in [-0.3, -0.25) is 4.79 Å². The maximum atomic E-state index is 13.4. The van der Waals surface area contributed by atoms with Crippen molar-refractivity contribution in [2.45, 2.75) is 50.4 Å². The van der Waals surface area contributed by atoms with Crippen molar-refractivity contribution in [3.8, 4) is 6.07 Å². The van der Waals surface area contributed by atoms with Gasteiger partial charge in [0.25, 0.3) is 0 Å². The number of halogens is 1. The number of nitriles is 1. The molecule has 0 aromatic rings. The minimum atomic E-state index is -1.12. The first-order valence-electron chi connectivity index (χ1n) is 6.77. The Bertz CT molecular complexity index is 411. The summed E-state index contributed by atoms with van der Waals surface area (Å²) in [5.74, 6) is -0.312. The molecule has 0 radical (unpaired) electrons. The lowest BCUT2D eigenvalue weighted by molar-refractivity contribution is -0.135. The lowest BCUT2D eigenvalue weighted by Gasteiger charge is -2.34. The summed E-state index contributed by atoms with van der Waals surface area (Å²) in [4.78, 5) is 13.8. The topological polar surface area (TPSA) is 70.1 Å². The number of carbonyl (C=O) groups excluding carboxylic acids is 1. The molecule has 104 valence electrons. The molecule has 2 rings (SSSR count). The van der Waals surface area contributed by atoms with E-state index in [-0.39, 0.29) is 24.3 Å². The van der Waals surface area contributed by atoms with Crippen molar-refractivity contribution < 1.29 is 9.18 Å². The van der Waals surface area contributed by atoms with Gasteiger partial charge in [-0.1, -0.05) is 18.9 Å². The number of rotatable bonds is 3. The SMILES string of the molecule is C=CC1(C(N)C(=O)N2CC(F)CC2C#N)CCCC1. The van der Waals surface area contributed by atoms with E-state index < -0.39 is 18.3 Å². The first kappa shape index (κ1) is 14.0. The Labute approximate surface area is 113 Å². The van der Waals surface area contributed by atoms with Crippen molar-refractivity contribution in [1.82, 2.24) is 4.90 Å². The van der Waals surface area contributed by atoms with E-state index in [2.05, 4.69) is 6.58 Å². The zero-order chi connectivity index (χ0) is 14.0. The van der Waals surface area contributed by atoms with Gasteiger partial charge in [0.1, 0.15) is 12.2 Å². The largest absolute Gasteiger partial charge is 0.322 e. The minimum Gasteiger partial charge on any atom is -0.322 e. The summed E-state index contributed by atoms with van der Waals surface area (Å²) in [6.07, 6.45) is 4.48. The highest BCUT2D eigenvalue weighted by Crippen LogP contribution is 2.42. The lowest BCUT2D eigenvalue weighted by atomic mass is 9.78. The molecule has 0 aromatic heterocycles. The quantitative estimate of drug-likeness (QED) is 0.787. The molecule has 3 unspecified atom stereocenters. The van der Waals surface area contributed by atoms with Crippen LogP contribution in [0, 0.1) is 16.7 Å². The van der Waals surface area contributed by atoms with Gasteiger partial charge >= 0.3 is 0 Å². The summed E-state index contributed by atoms with van der Waals surface area (Å²) >= 11 is 0. The number of likely N-dealkylation sites (tertiary alicyclic amines) is 1. The third-order valence-electron chi connectivity index (χ3n) is 4.51. The van der Waals surface area contributed by atoms with E-state index in [4.69, 9.17) is 11.0 Å². The molecule has 2 N–H and O–H groups in total. The number of carbonyl (C=O) groups is 1. The van der Waals surface area contributed by atoms with E-state index in [1.807, 2.05) is 6.07 Å². The van der Waals surface area contributed by atoms with E-state index in [1.165, 1.54) is 4.90 Å². The smallest absolute Gasteiger partial charge is 0.241 e. The van der Waals surface area contributed by atoms with Gasteiger partial charge in [-0.15, -0.1) is 6.58 Å². The summed E-state index contributed by atoms with van der Waals surface area (Å²) in [5.41, 5.74) is 5.73. The Kier molecular flexibility index (Phi) is 3.91. The lowest BCUT2D eigenvalue weighted by Crippen LogP contribution is -2.53. The second-order valence-corrected chi connectivity index (χ2v) is 5.59. The molecule has 2 fully saturated rings. The van der Waals surface area contributed by atoms with Crippen molar-refractivity contribution in [2.75, 3.05) is 6.54 Å². The van der Waals surface area contributed by atoms with Crippen LogP contribution >= 0.6 is 0 Å². The molecule has 1 aliphatic heterocycles. The summed E-state index contributed by atoms with van der Waals surface area (Å²) in [7, 11) is 0. The fourth-order valence-electron chi connectivity index (χ4n) is 3.25. The van der Waals surface area contributed by atoms with Crippen molar-refractivity contribution in [1.29, 1.82) is 5.26 Å². The Hall–Kier alpha value is -1.41. The van der Waals surface area contributed by atoms with Gasteiger partial charge in [-0.2, -0.15) is 5.26 Å². The third kappa shape index (κ3) is 2.37. The molecule has 3 atom stereocenters. The maximum absolute atomic E-state index is 13.4. The van der Waals surface area contributed by atoms with Crippen LogP contribution in [0.4, 0.5) is 4.39 Å². The van der Waals surface area contributed by atoms with Crippen molar-refractivity contribution in [2.24, 2.45) is 11.1 Å². The monoisotopic (exact) mass is 265 g/mol. The summed E-state index contributed by atoms with van der Waals surface area (Å²) < 4.78 is 13.4. The predicted molar refractivity (Wildman–Crippen MR) is 69.7 cm³/mol. The van der Waals surface area contributed by atoms with Crippen molar-refractivity contribution in [3.05, 3.63) is 12.7 Å². The molecule has 0 aromatic carbocycles. The molecule has 0 spiro atoms. The average Bonchev–Trinajstić information content (AvgIpc) is 3.03. The Morgan fingerprint density at radius 2 is 2.21 bits per heavy atom. The molecule has 1 saturated carbocycles. The number of alkyl halides is 1. The minimum absolute atomic E-state index is 0.0159. The number of hydrogen-bond acceptors (Lipinski definition) is 3. The Morgan fingerprint density at radius 3 is 2.74 bits per heavy atom. The van der Waals surface area contributed by atoms with Gasteiger partial charge < -0.3 is 10.6 Å². The molecule has 1 heterocycles. The van der Waals surface area contributed by atoms with E-state index in [1.54, 1.807) is 6.08 Å². The van der Waals surface area contributed by atoms with Gasteiger partial charge in [0.15, 0.2) is 0 Å². The molecular formula is C14H20FN3O. The zero-order valence-electron chi connectivity index (χ0n) is 11.0. The molecule has 0 bridgehead atoms. The first-order chi connectivity index (χ1) is 9.04. The van der Waals surface area contributed by atoms with Crippen molar-refractivity contribution >= 4 is 5.91 Å². The van der Waals surface area contributed by atoms with Gasteiger partial charge in [0.2, 0.25) is 5.91 Å². The fourth-order valence-corrected chi connectivity index (χ4v) is 3.25. The molecule has 1 saturated heterocycles. The fraction of sp³-hybridized carbons (Fsp3) is 0.714. The van der Waals surface area contributed by atoms with Crippen LogP contribution in [-0.2, 0) is 4.79 Å². The molecule has 1 amide bonds. The van der Waals surface area contributed by atoms with Crippen LogP contribution in [0.15, 0.2) is 12.7 Å². The highest BCUT2D eigenvalue weighted by Gasteiger charge is 2.45. The second kappa shape index (κ2) is 5.30. The number of amides is 1. The first-order valence-corrected chi connectivity index (χ1v) is 6.77. The van der Waals surface area contributed by atoms with E-state index in [9.17, 15) is 9.18 Å². The van der Waals surface area contributed by atoms with Crippen LogP contribution in [0.5, 0.6) is 0 Å². The van der Waals surface area contributed by atoms with Gasteiger partial charge in [0, 0.05) is 11.8 Å². The van der Waals surface area contributed by atoms with Gasteiger partial charge in [-0.25, -0.2) is 4.39 Å². The van der Waals surface area contributed by atoms with Crippen LogP contribution in [0.3, 0.4) is 0 Å². The Morgan fingerprint density at radius 1 is 1.58 bits per heavy atom. The number of nitrogens with zero attached hydrogens (tertiary/aromatic N) is 2. The summed E-state index contributed by atoms with van der Waals surface area (Å²) in [6, 6.07) is 0.587. The molecule has 2 aliphatic rings. The third-order valence-corrected chi connectivity index (χ3v) is 4.51. The van der Waals surface area contributed by atoms with E-state index in [0.717, 1.165) is 25.7 Å². The van der Waals surface area contributed by atoms with E-state index in [0.29, 0.717) is 0 Å². The summed E-state index contributed by atoms with van der Waals surface area (Å²) in [6.45, 7) is 3.79.